The lowest BCUT2D eigenvalue weighted by molar-refractivity contribution is -0.139. The molecule has 3 amide bonds. The van der Waals surface area contributed by atoms with Crippen molar-refractivity contribution in [3.05, 3.63) is 59.7 Å². The average Bonchev–Trinajstić information content (AvgIpc) is 3.06. The van der Waals surface area contributed by atoms with Crippen LogP contribution in [0.5, 0.6) is 0 Å². The molecule has 2 aromatic carbocycles. The summed E-state index contributed by atoms with van der Waals surface area (Å²) in [5, 5.41) is 26.1. The van der Waals surface area contributed by atoms with Crippen molar-refractivity contribution in [1.82, 2.24) is 5.32 Å². The lowest BCUT2D eigenvalue weighted by Gasteiger charge is -2.17. The smallest absolute Gasteiger partial charge is 0.335 e. The number of hydrogen-bond acceptors (Lipinski definition) is 5. The van der Waals surface area contributed by atoms with Gasteiger partial charge in [-0.3, -0.25) is 19.2 Å². The Morgan fingerprint density at radius 3 is 1.62 bits per heavy atom. The molecule has 0 spiro atoms. The summed E-state index contributed by atoms with van der Waals surface area (Å²) in [6, 6.07) is 10.2. The molecule has 0 aliphatic carbocycles. The second-order valence-electron chi connectivity index (χ2n) is 12.5. The number of nitrogens with one attached hydrogen (secondary N) is 3. The van der Waals surface area contributed by atoms with E-state index >= 15 is 0 Å². The Morgan fingerprint density at radius 2 is 1.12 bits per heavy atom. The molecule has 48 heavy (non-hydrogen) atoms. The number of aliphatic carboxylic acids is 1. The molecule has 0 aliphatic rings. The largest absolute Gasteiger partial charge is 0.481 e. The van der Waals surface area contributed by atoms with E-state index in [1.807, 2.05) is 0 Å². The van der Waals surface area contributed by atoms with Crippen molar-refractivity contribution in [3.63, 3.8) is 0 Å². The summed E-state index contributed by atoms with van der Waals surface area (Å²) >= 11 is 0. The van der Waals surface area contributed by atoms with Crippen LogP contribution in [0.4, 0.5) is 11.4 Å². The minimum absolute atomic E-state index is 0.0565. The van der Waals surface area contributed by atoms with Gasteiger partial charge >= 0.3 is 11.9 Å². The van der Waals surface area contributed by atoms with Gasteiger partial charge in [-0.2, -0.15) is 0 Å². The first-order valence-corrected chi connectivity index (χ1v) is 17.8. The van der Waals surface area contributed by atoms with E-state index in [4.69, 9.17) is 5.11 Å². The summed E-state index contributed by atoms with van der Waals surface area (Å²) in [6.45, 7) is 2.26. The monoisotopic (exact) mass is 665 g/mol. The molecule has 264 valence electrons. The maximum atomic E-state index is 12.8. The van der Waals surface area contributed by atoms with E-state index in [9.17, 15) is 29.1 Å². The summed E-state index contributed by atoms with van der Waals surface area (Å²) in [7, 11) is 0. The number of aromatic carboxylic acids is 1. The number of benzene rings is 2. The summed E-state index contributed by atoms with van der Waals surface area (Å²) in [4.78, 5) is 60.5. The number of unbranched alkanes of at least 4 members (excludes halogenated alkanes) is 16. The van der Waals surface area contributed by atoms with E-state index in [0.717, 1.165) is 19.3 Å². The van der Waals surface area contributed by atoms with Gasteiger partial charge < -0.3 is 26.2 Å². The predicted octanol–water partition coefficient (Wildman–Crippen LogP) is 8.58. The van der Waals surface area contributed by atoms with E-state index in [2.05, 4.69) is 22.9 Å². The predicted molar refractivity (Wildman–Crippen MR) is 189 cm³/mol. The quantitative estimate of drug-likeness (QED) is 0.0629. The van der Waals surface area contributed by atoms with Crippen LogP contribution in [0.1, 0.15) is 150 Å². The Balaban J connectivity index is 1.61. The van der Waals surface area contributed by atoms with E-state index in [-0.39, 0.29) is 22.7 Å². The molecule has 0 saturated carbocycles. The minimum atomic E-state index is -1.41. The molecule has 0 aromatic heterocycles. The summed E-state index contributed by atoms with van der Waals surface area (Å²) in [5.41, 5.74) is 0.803. The third-order valence-electron chi connectivity index (χ3n) is 8.32. The van der Waals surface area contributed by atoms with Gasteiger partial charge in [-0.05, 0) is 48.9 Å². The first-order chi connectivity index (χ1) is 23.2. The van der Waals surface area contributed by atoms with Crippen molar-refractivity contribution in [1.29, 1.82) is 0 Å². The third kappa shape index (κ3) is 17.6. The second kappa shape index (κ2) is 24.0. The van der Waals surface area contributed by atoms with Crippen LogP contribution in [0.3, 0.4) is 0 Å². The highest BCUT2D eigenvalue weighted by Gasteiger charge is 2.25. The van der Waals surface area contributed by atoms with E-state index in [1.165, 1.54) is 126 Å². The van der Waals surface area contributed by atoms with Crippen LogP contribution in [0.15, 0.2) is 48.5 Å². The molecule has 2 rings (SSSR count). The summed E-state index contributed by atoms with van der Waals surface area (Å²) in [5.74, 6) is -4.05. The molecule has 0 radical (unpaired) electrons. The van der Waals surface area contributed by atoms with Gasteiger partial charge in [0.1, 0.15) is 6.04 Å². The number of carbonyl (C=O) groups is 5. The van der Waals surface area contributed by atoms with Crippen molar-refractivity contribution in [3.8, 4) is 0 Å². The average molecular weight is 666 g/mol. The van der Waals surface area contributed by atoms with Gasteiger partial charge in [0.15, 0.2) is 0 Å². The van der Waals surface area contributed by atoms with E-state index in [1.54, 1.807) is 12.1 Å². The number of amides is 3. The SMILES string of the molecule is CCCCCCCCCCCCCCCCCCCC(=O)Nc1ccc(C(=O)N[C@@H](CC(=O)O)C(=O)Nc2cccc(C(=O)O)c2)cc1. The Morgan fingerprint density at radius 1 is 0.604 bits per heavy atom. The van der Waals surface area contributed by atoms with Gasteiger partial charge in [-0.15, -0.1) is 0 Å². The van der Waals surface area contributed by atoms with Crippen LogP contribution in [-0.4, -0.2) is 45.9 Å². The minimum Gasteiger partial charge on any atom is -0.481 e. The maximum absolute atomic E-state index is 12.8. The van der Waals surface area contributed by atoms with Crippen LogP contribution in [0.2, 0.25) is 0 Å². The Labute approximate surface area is 285 Å². The van der Waals surface area contributed by atoms with Crippen molar-refractivity contribution >= 4 is 41.0 Å². The number of anilines is 2. The first kappa shape index (κ1) is 40.0. The van der Waals surface area contributed by atoms with Crippen LogP contribution in [0.25, 0.3) is 0 Å². The molecule has 1 atom stereocenters. The van der Waals surface area contributed by atoms with E-state index < -0.39 is 36.2 Å². The van der Waals surface area contributed by atoms with Crippen LogP contribution in [-0.2, 0) is 14.4 Å². The fourth-order valence-corrected chi connectivity index (χ4v) is 5.52. The van der Waals surface area contributed by atoms with Crippen molar-refractivity contribution in [2.45, 2.75) is 135 Å². The van der Waals surface area contributed by atoms with Crippen LogP contribution >= 0.6 is 0 Å². The zero-order chi connectivity index (χ0) is 35.0. The van der Waals surface area contributed by atoms with Gasteiger partial charge in [0, 0.05) is 23.4 Å². The highest BCUT2D eigenvalue weighted by molar-refractivity contribution is 6.03. The first-order valence-electron chi connectivity index (χ1n) is 17.8. The highest BCUT2D eigenvalue weighted by Crippen LogP contribution is 2.16. The normalized spacial score (nSPS) is 11.4. The van der Waals surface area contributed by atoms with Crippen molar-refractivity contribution in [2.75, 3.05) is 10.6 Å². The molecule has 10 nitrogen and oxygen atoms in total. The standard InChI is InChI=1S/C38H55N3O7/c1-2-3-4-5-6-7-8-9-10-11-12-13-14-15-16-17-18-22-34(42)39-31-25-23-29(24-26-31)36(45)41-33(28-35(43)44)37(46)40-32-21-19-20-30(27-32)38(47)48/h19-21,23-27,33H,2-18,22,28H2,1H3,(H,39,42)(H,40,46)(H,41,45)(H,43,44)(H,47,48)/t33-/m0/s1. The third-order valence-corrected chi connectivity index (χ3v) is 8.32. The number of carbonyl (C=O) groups excluding carboxylic acids is 3. The Bertz CT molecular complexity index is 1280. The highest BCUT2D eigenvalue weighted by atomic mass is 16.4. The van der Waals surface area contributed by atoms with Gasteiger partial charge in [0.25, 0.3) is 5.91 Å². The van der Waals surface area contributed by atoms with Crippen LogP contribution < -0.4 is 16.0 Å². The fourth-order valence-electron chi connectivity index (χ4n) is 5.52. The van der Waals surface area contributed by atoms with Crippen LogP contribution in [0, 0.1) is 0 Å². The fraction of sp³-hybridized carbons (Fsp3) is 0.553. The molecular formula is C38H55N3O7. The zero-order valence-corrected chi connectivity index (χ0v) is 28.6. The molecule has 10 heteroatoms. The molecule has 0 bridgehead atoms. The molecular weight excluding hydrogens is 610 g/mol. The van der Waals surface area contributed by atoms with Gasteiger partial charge in [0.05, 0.1) is 12.0 Å². The number of carboxylic acid groups (broad SMARTS) is 2. The lowest BCUT2D eigenvalue weighted by Crippen LogP contribution is -2.45. The Hall–Kier alpha value is -4.21. The molecule has 0 aliphatic heterocycles. The second-order valence-corrected chi connectivity index (χ2v) is 12.5. The molecule has 0 heterocycles. The molecule has 0 fully saturated rings. The lowest BCUT2D eigenvalue weighted by atomic mass is 10.0. The van der Waals surface area contributed by atoms with Crippen molar-refractivity contribution < 1.29 is 34.2 Å². The summed E-state index contributed by atoms with van der Waals surface area (Å²) in [6.07, 6.45) is 21.5. The Kier molecular flexibility index (Phi) is 20.0. The topological polar surface area (TPSA) is 162 Å². The number of carboxylic acids is 2. The van der Waals surface area contributed by atoms with Crippen molar-refractivity contribution in [2.24, 2.45) is 0 Å². The summed E-state index contributed by atoms with van der Waals surface area (Å²) < 4.78 is 0. The molecule has 2 aromatic rings. The number of hydrogen-bond donors (Lipinski definition) is 5. The zero-order valence-electron chi connectivity index (χ0n) is 28.6. The van der Waals surface area contributed by atoms with Gasteiger partial charge in [0.2, 0.25) is 11.8 Å². The molecule has 0 unspecified atom stereocenters. The van der Waals surface area contributed by atoms with Gasteiger partial charge in [-0.1, -0.05) is 116 Å². The van der Waals surface area contributed by atoms with Gasteiger partial charge in [-0.25, -0.2) is 4.79 Å². The maximum Gasteiger partial charge on any atom is 0.335 e. The number of rotatable bonds is 26. The van der Waals surface area contributed by atoms with E-state index in [0.29, 0.717) is 12.1 Å². The molecule has 0 saturated heterocycles. The molecule has 5 N–H and O–H groups in total.